The van der Waals surface area contributed by atoms with E-state index in [0.717, 1.165) is 11.3 Å². The van der Waals surface area contributed by atoms with Crippen LogP contribution >= 0.6 is 0 Å². The number of ether oxygens (including phenoxy) is 1. The molecule has 1 amide bonds. The highest BCUT2D eigenvalue weighted by Crippen LogP contribution is 2.34. The Bertz CT molecular complexity index is 613. The van der Waals surface area contributed by atoms with Crippen molar-refractivity contribution in [3.05, 3.63) is 48.3 Å². The monoisotopic (exact) mass is 255 g/mol. The first-order valence-corrected chi connectivity index (χ1v) is 5.98. The third kappa shape index (κ3) is 2.15. The van der Waals surface area contributed by atoms with E-state index in [9.17, 15) is 4.79 Å². The van der Waals surface area contributed by atoms with Gasteiger partial charge >= 0.3 is 0 Å². The van der Waals surface area contributed by atoms with Crippen molar-refractivity contribution >= 4 is 11.6 Å². The quantitative estimate of drug-likeness (QED) is 0.881. The number of pyridine rings is 1. The van der Waals surface area contributed by atoms with Crippen molar-refractivity contribution in [2.75, 3.05) is 12.4 Å². The summed E-state index contributed by atoms with van der Waals surface area (Å²) < 4.78 is 5.67. The lowest BCUT2D eigenvalue weighted by molar-refractivity contribution is -0.117. The summed E-state index contributed by atoms with van der Waals surface area (Å²) in [4.78, 5) is 15.7. The predicted molar refractivity (Wildman–Crippen MR) is 71.2 cm³/mol. The zero-order valence-electron chi connectivity index (χ0n) is 10.4. The molecule has 0 fully saturated rings. The predicted octanol–water partition coefficient (Wildman–Crippen LogP) is 2.09. The number of rotatable bonds is 3. The summed E-state index contributed by atoms with van der Waals surface area (Å²) in [6, 6.07) is 8.90. The van der Waals surface area contributed by atoms with Crippen LogP contribution in [0.5, 0.6) is 11.5 Å². The molecule has 96 valence electrons. The van der Waals surface area contributed by atoms with E-state index in [1.54, 1.807) is 19.4 Å². The summed E-state index contributed by atoms with van der Waals surface area (Å²) in [7, 11) is 1.76. The Morgan fingerprint density at radius 1 is 1.32 bits per heavy atom. The molecule has 1 aliphatic rings. The van der Waals surface area contributed by atoms with E-state index in [-0.39, 0.29) is 11.9 Å². The first-order chi connectivity index (χ1) is 9.28. The zero-order valence-corrected chi connectivity index (χ0v) is 10.4. The average molecular weight is 255 g/mol. The minimum absolute atomic E-state index is 0.0453. The van der Waals surface area contributed by atoms with Crippen LogP contribution in [0.3, 0.4) is 0 Å². The Balaban J connectivity index is 1.87. The molecule has 1 unspecified atom stereocenters. The summed E-state index contributed by atoms with van der Waals surface area (Å²) in [5, 5.41) is 5.80. The van der Waals surface area contributed by atoms with Crippen LogP contribution in [0, 0.1) is 0 Å². The number of amides is 1. The number of aromatic nitrogens is 1. The standard InChI is InChI=1S/C14H13N3O2/c1-15-13-11-5-4-9(7-12(11)17-14(13)18)19-10-3-2-6-16-8-10/h2-8,13,15H,1H3,(H,17,18). The lowest BCUT2D eigenvalue weighted by Gasteiger charge is -2.08. The Morgan fingerprint density at radius 3 is 2.95 bits per heavy atom. The zero-order chi connectivity index (χ0) is 13.2. The molecule has 2 heterocycles. The summed E-state index contributed by atoms with van der Waals surface area (Å²) in [6.07, 6.45) is 3.33. The van der Waals surface area contributed by atoms with Crippen LogP contribution < -0.4 is 15.4 Å². The topological polar surface area (TPSA) is 63.2 Å². The second kappa shape index (κ2) is 4.70. The molecular formula is C14H13N3O2. The molecule has 2 aromatic rings. The highest BCUT2D eigenvalue weighted by molar-refractivity contribution is 6.02. The average Bonchev–Trinajstić information content (AvgIpc) is 2.74. The van der Waals surface area contributed by atoms with Crippen molar-refractivity contribution in [3.8, 4) is 11.5 Å². The first-order valence-electron chi connectivity index (χ1n) is 5.98. The molecule has 0 spiro atoms. The maximum absolute atomic E-state index is 11.7. The number of hydrogen-bond donors (Lipinski definition) is 2. The number of nitrogens with zero attached hydrogens (tertiary/aromatic N) is 1. The molecule has 1 aromatic carbocycles. The molecule has 1 aromatic heterocycles. The van der Waals surface area contributed by atoms with Crippen LogP contribution in [-0.4, -0.2) is 17.9 Å². The molecular weight excluding hydrogens is 242 g/mol. The van der Waals surface area contributed by atoms with Gasteiger partial charge in [-0.1, -0.05) is 6.07 Å². The molecule has 19 heavy (non-hydrogen) atoms. The number of fused-ring (bicyclic) bond motifs is 1. The number of hydrogen-bond acceptors (Lipinski definition) is 4. The maximum Gasteiger partial charge on any atom is 0.246 e. The largest absolute Gasteiger partial charge is 0.456 e. The first kappa shape index (κ1) is 11.7. The summed E-state index contributed by atoms with van der Waals surface area (Å²) in [5.41, 5.74) is 1.72. The van der Waals surface area contributed by atoms with Gasteiger partial charge in [0.05, 0.1) is 6.20 Å². The van der Waals surface area contributed by atoms with Crippen molar-refractivity contribution in [1.82, 2.24) is 10.3 Å². The summed E-state index contributed by atoms with van der Waals surface area (Å²) in [6.45, 7) is 0. The number of nitrogens with one attached hydrogen (secondary N) is 2. The van der Waals surface area contributed by atoms with Crippen molar-refractivity contribution < 1.29 is 9.53 Å². The van der Waals surface area contributed by atoms with Crippen LogP contribution in [-0.2, 0) is 4.79 Å². The van der Waals surface area contributed by atoms with Gasteiger partial charge in [0.1, 0.15) is 17.5 Å². The molecule has 0 radical (unpaired) electrons. The second-order valence-corrected chi connectivity index (χ2v) is 4.25. The smallest absolute Gasteiger partial charge is 0.246 e. The lowest BCUT2D eigenvalue weighted by atomic mass is 10.1. The minimum atomic E-state index is -0.289. The van der Waals surface area contributed by atoms with Crippen LogP contribution in [0.4, 0.5) is 5.69 Å². The molecule has 1 aliphatic heterocycles. The van der Waals surface area contributed by atoms with E-state index >= 15 is 0 Å². The van der Waals surface area contributed by atoms with Gasteiger partial charge in [-0.3, -0.25) is 9.78 Å². The molecule has 1 atom stereocenters. The Kier molecular flexibility index (Phi) is 2.89. The van der Waals surface area contributed by atoms with Gasteiger partial charge < -0.3 is 15.4 Å². The molecule has 5 heteroatoms. The lowest BCUT2D eigenvalue weighted by Crippen LogP contribution is -2.23. The van der Waals surface area contributed by atoms with Gasteiger partial charge in [0.15, 0.2) is 0 Å². The fourth-order valence-electron chi connectivity index (χ4n) is 2.14. The summed E-state index contributed by atoms with van der Waals surface area (Å²) >= 11 is 0. The van der Waals surface area contributed by atoms with Gasteiger partial charge in [-0.05, 0) is 25.2 Å². The van der Waals surface area contributed by atoms with Crippen LogP contribution in [0.25, 0.3) is 0 Å². The van der Waals surface area contributed by atoms with E-state index in [4.69, 9.17) is 4.74 Å². The van der Waals surface area contributed by atoms with Crippen molar-refractivity contribution in [2.24, 2.45) is 0 Å². The Hall–Kier alpha value is -2.40. The van der Waals surface area contributed by atoms with Crippen molar-refractivity contribution in [2.45, 2.75) is 6.04 Å². The van der Waals surface area contributed by atoms with Crippen molar-refractivity contribution in [1.29, 1.82) is 0 Å². The minimum Gasteiger partial charge on any atom is -0.456 e. The van der Waals surface area contributed by atoms with E-state index in [1.165, 1.54) is 0 Å². The van der Waals surface area contributed by atoms with Gasteiger partial charge in [-0.15, -0.1) is 0 Å². The highest BCUT2D eigenvalue weighted by atomic mass is 16.5. The van der Waals surface area contributed by atoms with Gasteiger partial charge in [0.25, 0.3) is 0 Å². The van der Waals surface area contributed by atoms with Crippen molar-refractivity contribution in [3.63, 3.8) is 0 Å². The molecule has 0 aliphatic carbocycles. The Morgan fingerprint density at radius 2 is 2.21 bits per heavy atom. The molecule has 5 nitrogen and oxygen atoms in total. The Labute approximate surface area is 110 Å². The number of anilines is 1. The number of carbonyl (C=O) groups excluding carboxylic acids is 1. The number of carbonyl (C=O) groups is 1. The second-order valence-electron chi connectivity index (χ2n) is 4.25. The normalized spacial score (nSPS) is 16.9. The third-order valence-corrected chi connectivity index (χ3v) is 3.01. The number of benzene rings is 1. The molecule has 2 N–H and O–H groups in total. The maximum atomic E-state index is 11.7. The fraction of sp³-hybridized carbons (Fsp3) is 0.143. The van der Waals surface area contributed by atoms with E-state index in [0.29, 0.717) is 11.5 Å². The molecule has 0 saturated carbocycles. The molecule has 0 bridgehead atoms. The van der Waals surface area contributed by atoms with E-state index in [1.807, 2.05) is 30.3 Å². The van der Waals surface area contributed by atoms with Gasteiger partial charge in [-0.2, -0.15) is 0 Å². The van der Waals surface area contributed by atoms with Gasteiger partial charge in [0, 0.05) is 23.5 Å². The SMILES string of the molecule is CNC1C(=O)Nc2cc(Oc3cccnc3)ccc21. The van der Waals surface area contributed by atoms with E-state index in [2.05, 4.69) is 15.6 Å². The van der Waals surface area contributed by atoms with Crippen LogP contribution in [0.1, 0.15) is 11.6 Å². The fourth-order valence-corrected chi connectivity index (χ4v) is 2.14. The third-order valence-electron chi connectivity index (χ3n) is 3.01. The van der Waals surface area contributed by atoms with Gasteiger partial charge in [-0.25, -0.2) is 0 Å². The van der Waals surface area contributed by atoms with Crippen LogP contribution in [0.15, 0.2) is 42.7 Å². The highest BCUT2D eigenvalue weighted by Gasteiger charge is 2.29. The number of likely N-dealkylation sites (N-methyl/N-ethyl adjacent to an activating group) is 1. The molecule has 0 saturated heterocycles. The molecule has 3 rings (SSSR count). The van der Waals surface area contributed by atoms with Crippen LogP contribution in [0.2, 0.25) is 0 Å². The van der Waals surface area contributed by atoms with E-state index < -0.39 is 0 Å². The summed E-state index contributed by atoms with van der Waals surface area (Å²) in [5.74, 6) is 1.29. The van der Waals surface area contributed by atoms with Gasteiger partial charge in [0.2, 0.25) is 5.91 Å².